The van der Waals surface area contributed by atoms with Crippen molar-refractivity contribution in [3.8, 4) is 28.9 Å². The predicted molar refractivity (Wildman–Crippen MR) is 122 cm³/mol. The van der Waals surface area contributed by atoms with E-state index in [2.05, 4.69) is 20.4 Å². The van der Waals surface area contributed by atoms with Crippen molar-refractivity contribution in [1.29, 1.82) is 0 Å². The van der Waals surface area contributed by atoms with Crippen molar-refractivity contribution >= 4 is 28.8 Å². The number of benzene rings is 2. The summed E-state index contributed by atoms with van der Waals surface area (Å²) in [7, 11) is 4.55. The lowest BCUT2D eigenvalue weighted by Gasteiger charge is -2.10. The zero-order valence-corrected chi connectivity index (χ0v) is 18.6. The summed E-state index contributed by atoms with van der Waals surface area (Å²) in [6.45, 7) is -0.0681. The number of rotatable bonds is 9. The molecule has 34 heavy (non-hydrogen) atoms. The van der Waals surface area contributed by atoms with Crippen LogP contribution in [0.25, 0.3) is 10.9 Å². The molecule has 0 bridgehead atoms. The van der Waals surface area contributed by atoms with Crippen LogP contribution in [-0.2, 0) is 11.3 Å². The minimum Gasteiger partial charge on any atom is -0.496 e. The summed E-state index contributed by atoms with van der Waals surface area (Å²) in [5.74, 6) is 1.83. The van der Waals surface area contributed by atoms with Crippen LogP contribution in [0.15, 0.2) is 49.1 Å². The highest BCUT2D eigenvalue weighted by atomic mass is 16.5. The monoisotopic (exact) mass is 463 g/mol. The Hall–Kier alpha value is -4.67. The van der Waals surface area contributed by atoms with Crippen molar-refractivity contribution in [3.05, 3.63) is 54.6 Å². The third-order valence-electron chi connectivity index (χ3n) is 4.87. The second-order valence-corrected chi connectivity index (χ2v) is 7.00. The maximum Gasteiger partial charge on any atom is 0.246 e. The Morgan fingerprint density at radius 3 is 2.53 bits per heavy atom. The number of hydrogen-bond acceptors (Lipinski definition) is 9. The van der Waals surface area contributed by atoms with Gasteiger partial charge in [-0.05, 0) is 24.3 Å². The zero-order chi connectivity index (χ0) is 24.1. The summed E-state index contributed by atoms with van der Waals surface area (Å²) in [5.41, 5.74) is 1.42. The second kappa shape index (κ2) is 9.86. The van der Waals surface area contributed by atoms with Gasteiger partial charge >= 0.3 is 0 Å². The lowest BCUT2D eigenvalue weighted by atomic mass is 10.2. The Labute approximate surface area is 194 Å². The number of fused-ring (bicyclic) bond motifs is 1. The number of anilines is 1. The first kappa shape index (κ1) is 22.5. The number of amides is 1. The molecule has 11 heteroatoms. The molecule has 4 aromatic rings. The van der Waals surface area contributed by atoms with Gasteiger partial charge in [-0.15, -0.1) is 0 Å². The Morgan fingerprint density at radius 2 is 1.79 bits per heavy atom. The quantitative estimate of drug-likeness (QED) is 0.373. The van der Waals surface area contributed by atoms with Gasteiger partial charge in [0.15, 0.2) is 23.5 Å². The van der Waals surface area contributed by atoms with E-state index >= 15 is 0 Å². The number of carbonyl (C=O) groups is 2. The maximum absolute atomic E-state index is 12.4. The van der Waals surface area contributed by atoms with Crippen LogP contribution in [0, 0.1) is 0 Å². The SMILES string of the molecule is COc1ccc(NC(=O)Cn2cc(Oc3ncnc4cc(OC)c(OC)cc34)cn2)cc1C=O. The molecule has 2 heterocycles. The van der Waals surface area contributed by atoms with Gasteiger partial charge in [-0.25, -0.2) is 9.97 Å². The number of hydrogen-bond donors (Lipinski definition) is 1. The highest BCUT2D eigenvalue weighted by Crippen LogP contribution is 2.35. The smallest absolute Gasteiger partial charge is 0.246 e. The molecular formula is C23H21N5O6. The summed E-state index contributed by atoms with van der Waals surface area (Å²) in [5, 5.41) is 7.51. The highest BCUT2D eigenvalue weighted by molar-refractivity contribution is 5.92. The molecule has 0 aliphatic heterocycles. The van der Waals surface area contributed by atoms with E-state index in [1.807, 2.05) is 0 Å². The number of aromatic nitrogens is 4. The molecule has 0 spiro atoms. The number of nitrogens with zero attached hydrogens (tertiary/aromatic N) is 4. The van der Waals surface area contributed by atoms with Crippen molar-refractivity contribution in [1.82, 2.24) is 19.7 Å². The van der Waals surface area contributed by atoms with Crippen LogP contribution in [0.1, 0.15) is 10.4 Å². The van der Waals surface area contributed by atoms with E-state index in [0.717, 1.165) is 0 Å². The minimum absolute atomic E-state index is 0.0681. The van der Waals surface area contributed by atoms with Crippen molar-refractivity contribution in [2.45, 2.75) is 6.54 Å². The fourth-order valence-corrected chi connectivity index (χ4v) is 3.29. The molecule has 0 aliphatic rings. The molecule has 0 aliphatic carbocycles. The Kier molecular flexibility index (Phi) is 6.53. The molecular weight excluding hydrogens is 442 g/mol. The van der Waals surface area contributed by atoms with E-state index < -0.39 is 0 Å². The van der Waals surface area contributed by atoms with Gasteiger partial charge in [-0.1, -0.05) is 0 Å². The minimum atomic E-state index is -0.332. The van der Waals surface area contributed by atoms with E-state index in [1.165, 1.54) is 37.5 Å². The maximum atomic E-state index is 12.4. The van der Waals surface area contributed by atoms with Gasteiger partial charge in [0.2, 0.25) is 11.8 Å². The van der Waals surface area contributed by atoms with Crippen LogP contribution in [0.5, 0.6) is 28.9 Å². The summed E-state index contributed by atoms with van der Waals surface area (Å²) < 4.78 is 23.1. The van der Waals surface area contributed by atoms with E-state index in [9.17, 15) is 9.59 Å². The summed E-state index contributed by atoms with van der Waals surface area (Å²) in [6, 6.07) is 8.24. The van der Waals surface area contributed by atoms with Gasteiger partial charge in [-0.3, -0.25) is 14.3 Å². The number of nitrogens with one attached hydrogen (secondary N) is 1. The topological polar surface area (TPSA) is 127 Å². The van der Waals surface area contributed by atoms with Crippen LogP contribution in [0.2, 0.25) is 0 Å². The number of ether oxygens (including phenoxy) is 4. The highest BCUT2D eigenvalue weighted by Gasteiger charge is 2.14. The van der Waals surface area contributed by atoms with Crippen LogP contribution < -0.4 is 24.3 Å². The molecule has 0 atom stereocenters. The largest absolute Gasteiger partial charge is 0.496 e. The fraction of sp³-hybridized carbons (Fsp3) is 0.174. The normalized spacial score (nSPS) is 10.6. The van der Waals surface area contributed by atoms with Crippen LogP contribution in [0.4, 0.5) is 5.69 Å². The number of carbonyl (C=O) groups excluding carboxylic acids is 2. The Bertz CT molecular complexity index is 1350. The van der Waals surface area contributed by atoms with Gasteiger partial charge in [0.25, 0.3) is 0 Å². The number of aldehydes is 1. The van der Waals surface area contributed by atoms with E-state index in [4.69, 9.17) is 18.9 Å². The average Bonchev–Trinajstić information content (AvgIpc) is 3.29. The standard InChI is InChI=1S/C23H21N5O6/c1-31-19-5-4-15(6-14(19)12-29)27-22(30)11-28-10-16(9-26-28)34-23-17-7-20(32-2)21(33-3)8-18(17)24-13-25-23/h4-10,12-13H,11H2,1-3H3,(H,27,30). The van der Waals surface area contributed by atoms with Crippen molar-refractivity contribution in [3.63, 3.8) is 0 Å². The van der Waals surface area contributed by atoms with Crippen LogP contribution in [0.3, 0.4) is 0 Å². The van der Waals surface area contributed by atoms with Gasteiger partial charge in [0.05, 0.1) is 50.2 Å². The lowest BCUT2D eigenvalue weighted by molar-refractivity contribution is -0.116. The molecule has 0 saturated heterocycles. The third-order valence-corrected chi connectivity index (χ3v) is 4.87. The van der Waals surface area contributed by atoms with Gasteiger partial charge in [-0.2, -0.15) is 5.10 Å². The van der Waals surface area contributed by atoms with E-state index in [-0.39, 0.29) is 12.5 Å². The van der Waals surface area contributed by atoms with E-state index in [0.29, 0.717) is 57.3 Å². The molecule has 2 aromatic carbocycles. The molecule has 11 nitrogen and oxygen atoms in total. The average molecular weight is 463 g/mol. The molecule has 0 radical (unpaired) electrons. The first-order valence-electron chi connectivity index (χ1n) is 10.0. The molecule has 0 fully saturated rings. The summed E-state index contributed by atoms with van der Waals surface area (Å²) in [4.78, 5) is 32.1. The Balaban J connectivity index is 1.47. The summed E-state index contributed by atoms with van der Waals surface area (Å²) in [6.07, 6.45) is 5.08. The molecule has 0 unspecified atom stereocenters. The molecule has 4 rings (SSSR count). The second-order valence-electron chi connectivity index (χ2n) is 7.00. The molecule has 174 valence electrons. The van der Waals surface area contributed by atoms with Crippen molar-refractivity contribution in [2.75, 3.05) is 26.6 Å². The molecule has 1 N–H and O–H groups in total. The van der Waals surface area contributed by atoms with Crippen LogP contribution >= 0.6 is 0 Å². The van der Waals surface area contributed by atoms with Crippen molar-refractivity contribution < 1.29 is 28.5 Å². The van der Waals surface area contributed by atoms with E-state index in [1.54, 1.807) is 37.6 Å². The van der Waals surface area contributed by atoms with Crippen molar-refractivity contribution in [2.24, 2.45) is 0 Å². The van der Waals surface area contributed by atoms with Crippen LogP contribution in [-0.4, -0.2) is 53.3 Å². The number of methoxy groups -OCH3 is 3. The summed E-state index contributed by atoms with van der Waals surface area (Å²) >= 11 is 0. The van der Waals surface area contributed by atoms with Gasteiger partial charge < -0.3 is 24.3 Å². The zero-order valence-electron chi connectivity index (χ0n) is 18.6. The molecule has 0 saturated carbocycles. The predicted octanol–water partition coefficient (Wildman–Crippen LogP) is 3.10. The molecule has 2 aromatic heterocycles. The Morgan fingerprint density at radius 1 is 1.03 bits per heavy atom. The first-order valence-corrected chi connectivity index (χ1v) is 10.0. The first-order chi connectivity index (χ1) is 16.5. The van der Waals surface area contributed by atoms with Gasteiger partial charge in [0.1, 0.15) is 18.6 Å². The third kappa shape index (κ3) is 4.72. The fourth-order valence-electron chi connectivity index (χ4n) is 3.29. The lowest BCUT2D eigenvalue weighted by Crippen LogP contribution is -2.19. The molecule has 1 amide bonds. The van der Waals surface area contributed by atoms with Gasteiger partial charge in [0, 0.05) is 11.8 Å².